The number of benzene rings is 1. The lowest BCUT2D eigenvalue weighted by molar-refractivity contribution is 1.07. The zero-order valence-corrected chi connectivity index (χ0v) is 11.8. The molecule has 2 N–H and O–H groups in total. The van der Waals surface area contributed by atoms with E-state index in [9.17, 15) is 0 Å². The van der Waals surface area contributed by atoms with Gasteiger partial charge in [-0.05, 0) is 29.1 Å². The van der Waals surface area contributed by atoms with Gasteiger partial charge in [-0.2, -0.15) is 15.1 Å². The molecule has 0 saturated carbocycles. The lowest BCUT2D eigenvalue weighted by atomic mass is 10.1. The smallest absolute Gasteiger partial charge is 0.226 e. The first-order valence-electron chi connectivity index (χ1n) is 6.44. The van der Waals surface area contributed by atoms with Gasteiger partial charge in [0.2, 0.25) is 5.28 Å². The van der Waals surface area contributed by atoms with E-state index in [4.69, 9.17) is 11.6 Å². The Morgan fingerprint density at radius 3 is 2.65 bits per heavy atom. The molecular weight excluding hydrogens is 274 g/mol. The van der Waals surface area contributed by atoms with Gasteiger partial charge in [0.15, 0.2) is 5.65 Å². The molecule has 0 fully saturated rings. The van der Waals surface area contributed by atoms with Crippen molar-refractivity contribution in [1.82, 2.24) is 20.2 Å². The number of nitrogens with one attached hydrogen (secondary N) is 2. The van der Waals surface area contributed by atoms with E-state index in [1.54, 1.807) is 6.20 Å². The van der Waals surface area contributed by atoms with Gasteiger partial charge in [-0.25, -0.2) is 0 Å². The number of nitrogens with zero attached hydrogens (tertiary/aromatic N) is 3. The molecule has 0 amide bonds. The highest BCUT2D eigenvalue weighted by Gasteiger charge is 2.07. The van der Waals surface area contributed by atoms with E-state index in [2.05, 4.69) is 56.7 Å². The Labute approximate surface area is 121 Å². The van der Waals surface area contributed by atoms with Crippen LogP contribution in [0.3, 0.4) is 0 Å². The molecule has 3 rings (SSSR count). The topological polar surface area (TPSA) is 66.5 Å². The van der Waals surface area contributed by atoms with Crippen LogP contribution in [0, 0.1) is 0 Å². The van der Waals surface area contributed by atoms with Crippen molar-refractivity contribution in [3.05, 3.63) is 46.9 Å². The minimum atomic E-state index is 0.200. The third-order valence-electron chi connectivity index (χ3n) is 3.17. The number of aromatic amines is 1. The minimum absolute atomic E-state index is 0.200. The van der Waals surface area contributed by atoms with Crippen molar-refractivity contribution in [1.29, 1.82) is 0 Å². The van der Waals surface area contributed by atoms with Crippen LogP contribution in [0.4, 0.5) is 5.82 Å². The minimum Gasteiger partial charge on any atom is -0.365 e. The number of rotatable bonds is 4. The first-order valence-corrected chi connectivity index (χ1v) is 6.82. The van der Waals surface area contributed by atoms with Gasteiger partial charge in [0.05, 0.1) is 11.6 Å². The summed E-state index contributed by atoms with van der Waals surface area (Å²) < 4.78 is 0. The van der Waals surface area contributed by atoms with Crippen LogP contribution >= 0.6 is 11.6 Å². The standard InChI is InChI=1S/C14H14ClN5/c1-2-9-3-5-10(6-4-9)7-16-12-11-8-17-20-13(11)19-14(15)18-12/h3-6,8H,2,7H2,1H3,(H2,16,17,18,19,20). The van der Waals surface area contributed by atoms with Crippen LogP contribution in [-0.2, 0) is 13.0 Å². The van der Waals surface area contributed by atoms with E-state index in [0.717, 1.165) is 11.8 Å². The number of H-pyrrole nitrogens is 1. The van der Waals surface area contributed by atoms with Gasteiger partial charge in [-0.1, -0.05) is 31.2 Å². The molecule has 0 saturated heterocycles. The Hall–Kier alpha value is -2.14. The number of hydrogen-bond acceptors (Lipinski definition) is 4. The summed E-state index contributed by atoms with van der Waals surface area (Å²) in [5, 5.41) is 11.0. The van der Waals surface area contributed by atoms with E-state index in [1.807, 2.05) is 0 Å². The summed E-state index contributed by atoms with van der Waals surface area (Å²) in [7, 11) is 0. The summed E-state index contributed by atoms with van der Waals surface area (Å²) in [4.78, 5) is 8.28. The van der Waals surface area contributed by atoms with Gasteiger partial charge in [0.25, 0.3) is 0 Å². The van der Waals surface area contributed by atoms with Gasteiger partial charge in [-0.15, -0.1) is 0 Å². The van der Waals surface area contributed by atoms with Gasteiger partial charge >= 0.3 is 0 Å². The van der Waals surface area contributed by atoms with E-state index in [-0.39, 0.29) is 5.28 Å². The first-order chi connectivity index (χ1) is 9.76. The lowest BCUT2D eigenvalue weighted by Crippen LogP contribution is -2.03. The molecule has 0 bridgehead atoms. The van der Waals surface area contributed by atoms with Crippen molar-refractivity contribution in [2.45, 2.75) is 19.9 Å². The summed E-state index contributed by atoms with van der Waals surface area (Å²) in [6.45, 7) is 2.82. The Kier molecular flexibility index (Phi) is 3.52. The van der Waals surface area contributed by atoms with Crippen LogP contribution in [0.5, 0.6) is 0 Å². The highest BCUT2D eigenvalue weighted by atomic mass is 35.5. The highest BCUT2D eigenvalue weighted by Crippen LogP contribution is 2.20. The fourth-order valence-corrected chi connectivity index (χ4v) is 2.19. The zero-order chi connectivity index (χ0) is 13.9. The molecule has 2 aromatic heterocycles. The normalized spacial score (nSPS) is 10.9. The highest BCUT2D eigenvalue weighted by molar-refractivity contribution is 6.28. The monoisotopic (exact) mass is 287 g/mol. The number of aromatic nitrogens is 4. The van der Waals surface area contributed by atoms with Crippen molar-refractivity contribution < 1.29 is 0 Å². The summed E-state index contributed by atoms with van der Waals surface area (Å²) >= 11 is 5.89. The lowest BCUT2D eigenvalue weighted by Gasteiger charge is -2.07. The molecular formula is C14H14ClN5. The molecule has 0 aliphatic heterocycles. The van der Waals surface area contributed by atoms with Gasteiger partial charge in [0, 0.05) is 6.54 Å². The fourth-order valence-electron chi connectivity index (χ4n) is 2.02. The predicted octanol–water partition coefficient (Wildman–Crippen LogP) is 3.18. The third-order valence-corrected chi connectivity index (χ3v) is 3.34. The number of aryl methyl sites for hydroxylation is 1. The molecule has 0 spiro atoms. The van der Waals surface area contributed by atoms with Crippen molar-refractivity contribution >= 4 is 28.5 Å². The quantitative estimate of drug-likeness (QED) is 0.723. The summed E-state index contributed by atoms with van der Waals surface area (Å²) in [5.74, 6) is 0.688. The van der Waals surface area contributed by atoms with Crippen LogP contribution in [-0.4, -0.2) is 20.2 Å². The second kappa shape index (κ2) is 5.46. The van der Waals surface area contributed by atoms with E-state index in [1.165, 1.54) is 11.1 Å². The molecule has 3 aromatic rings. The molecule has 0 aliphatic carbocycles. The van der Waals surface area contributed by atoms with E-state index in [0.29, 0.717) is 18.0 Å². The number of hydrogen-bond donors (Lipinski definition) is 2. The van der Waals surface area contributed by atoms with Crippen LogP contribution < -0.4 is 5.32 Å². The second-order valence-electron chi connectivity index (χ2n) is 4.50. The molecule has 1 aromatic carbocycles. The summed E-state index contributed by atoms with van der Waals surface area (Å²) in [6.07, 6.45) is 2.74. The fraction of sp³-hybridized carbons (Fsp3) is 0.214. The molecule has 102 valence electrons. The number of fused-ring (bicyclic) bond motifs is 1. The third kappa shape index (κ3) is 2.58. The summed E-state index contributed by atoms with van der Waals surface area (Å²) in [6, 6.07) is 8.50. The van der Waals surface area contributed by atoms with Crippen LogP contribution in [0.1, 0.15) is 18.1 Å². The average molecular weight is 288 g/mol. The van der Waals surface area contributed by atoms with Gasteiger partial charge in [-0.3, -0.25) is 5.10 Å². The van der Waals surface area contributed by atoms with Crippen LogP contribution in [0.2, 0.25) is 5.28 Å². The predicted molar refractivity (Wildman–Crippen MR) is 79.8 cm³/mol. The molecule has 2 heterocycles. The molecule has 0 radical (unpaired) electrons. The van der Waals surface area contributed by atoms with Gasteiger partial charge < -0.3 is 5.32 Å². The molecule has 6 heteroatoms. The zero-order valence-electron chi connectivity index (χ0n) is 11.0. The van der Waals surface area contributed by atoms with E-state index >= 15 is 0 Å². The van der Waals surface area contributed by atoms with Crippen LogP contribution in [0.15, 0.2) is 30.5 Å². The number of anilines is 1. The van der Waals surface area contributed by atoms with Gasteiger partial charge in [0.1, 0.15) is 5.82 Å². The maximum atomic E-state index is 5.89. The Morgan fingerprint density at radius 2 is 1.90 bits per heavy atom. The maximum Gasteiger partial charge on any atom is 0.226 e. The van der Waals surface area contributed by atoms with Crippen molar-refractivity contribution in [3.8, 4) is 0 Å². The first kappa shape index (κ1) is 12.9. The molecule has 5 nitrogen and oxygen atoms in total. The Balaban J connectivity index is 1.80. The second-order valence-corrected chi connectivity index (χ2v) is 4.84. The largest absolute Gasteiger partial charge is 0.365 e. The van der Waals surface area contributed by atoms with Crippen molar-refractivity contribution in [3.63, 3.8) is 0 Å². The van der Waals surface area contributed by atoms with E-state index < -0.39 is 0 Å². The Bertz CT molecular complexity index is 720. The molecule has 0 unspecified atom stereocenters. The Morgan fingerprint density at radius 1 is 1.15 bits per heavy atom. The van der Waals surface area contributed by atoms with Crippen molar-refractivity contribution in [2.75, 3.05) is 5.32 Å². The molecule has 0 atom stereocenters. The molecule has 20 heavy (non-hydrogen) atoms. The van der Waals surface area contributed by atoms with Crippen molar-refractivity contribution in [2.24, 2.45) is 0 Å². The van der Waals surface area contributed by atoms with Crippen LogP contribution in [0.25, 0.3) is 11.0 Å². The number of halogens is 1. The average Bonchev–Trinajstić information content (AvgIpc) is 2.93. The maximum absolute atomic E-state index is 5.89. The molecule has 0 aliphatic rings. The summed E-state index contributed by atoms with van der Waals surface area (Å²) in [5.41, 5.74) is 3.15. The SMILES string of the molecule is CCc1ccc(CNc2nc(Cl)nc3[nH]ncc23)cc1.